The molecule has 6 nitrogen and oxygen atoms in total. The average Bonchev–Trinajstić information content (AvgIpc) is 2.73. The second-order valence-electron chi connectivity index (χ2n) is 6.30. The Kier molecular flexibility index (Phi) is 4.78. The summed E-state index contributed by atoms with van der Waals surface area (Å²) in [5.74, 6) is -2.44. The molecule has 2 aromatic carbocycles. The van der Waals surface area contributed by atoms with E-state index in [1.54, 1.807) is 6.20 Å². The first-order chi connectivity index (χ1) is 14.3. The zero-order chi connectivity index (χ0) is 21.3. The lowest BCUT2D eigenvalue weighted by molar-refractivity contribution is -0.189. The number of esters is 1. The third kappa shape index (κ3) is 3.90. The van der Waals surface area contributed by atoms with Crippen molar-refractivity contribution in [3.8, 4) is 28.1 Å². The van der Waals surface area contributed by atoms with Gasteiger partial charge in [0.15, 0.2) is 5.65 Å². The molecule has 9 heteroatoms. The molecule has 2 aromatic heterocycles. The van der Waals surface area contributed by atoms with Crippen LogP contribution in [0.1, 0.15) is 0 Å². The number of anilines is 1. The van der Waals surface area contributed by atoms with Crippen LogP contribution in [0.2, 0.25) is 0 Å². The van der Waals surface area contributed by atoms with Crippen molar-refractivity contribution in [3.05, 3.63) is 66.9 Å². The highest BCUT2D eigenvalue weighted by Gasteiger charge is 2.41. The van der Waals surface area contributed by atoms with E-state index in [0.717, 1.165) is 11.1 Å². The number of carbonyl (C=O) groups excluding carboxylic acids is 1. The summed E-state index contributed by atoms with van der Waals surface area (Å²) in [6.07, 6.45) is -3.50. The molecule has 30 heavy (non-hydrogen) atoms. The molecule has 0 unspecified atom stereocenters. The highest BCUT2D eigenvalue weighted by atomic mass is 19.4. The Morgan fingerprint density at radius 2 is 1.63 bits per heavy atom. The summed E-state index contributed by atoms with van der Waals surface area (Å²) >= 11 is 0. The van der Waals surface area contributed by atoms with Gasteiger partial charge in [-0.1, -0.05) is 30.3 Å². The Balaban J connectivity index is 1.80. The number of benzene rings is 2. The molecule has 0 spiro atoms. The summed E-state index contributed by atoms with van der Waals surface area (Å²) in [6, 6.07) is 16.9. The van der Waals surface area contributed by atoms with Crippen molar-refractivity contribution in [3.63, 3.8) is 0 Å². The first kappa shape index (κ1) is 19.3. The summed E-state index contributed by atoms with van der Waals surface area (Å²) in [4.78, 5) is 23.7. The van der Waals surface area contributed by atoms with Crippen LogP contribution < -0.4 is 10.5 Å². The molecule has 0 saturated heterocycles. The second-order valence-corrected chi connectivity index (χ2v) is 6.30. The fourth-order valence-corrected chi connectivity index (χ4v) is 2.88. The molecule has 4 rings (SSSR count). The third-order valence-electron chi connectivity index (χ3n) is 4.24. The molecule has 0 aliphatic carbocycles. The molecule has 4 aromatic rings. The summed E-state index contributed by atoms with van der Waals surface area (Å²) in [7, 11) is 0. The van der Waals surface area contributed by atoms with Gasteiger partial charge in [0, 0.05) is 22.7 Å². The van der Waals surface area contributed by atoms with E-state index in [2.05, 4.69) is 19.7 Å². The van der Waals surface area contributed by atoms with E-state index in [-0.39, 0.29) is 11.7 Å². The fraction of sp³-hybridized carbons (Fsp3) is 0.0476. The summed E-state index contributed by atoms with van der Waals surface area (Å²) in [6.45, 7) is 0. The molecular formula is C21H13F3N4O2. The molecule has 150 valence electrons. The van der Waals surface area contributed by atoms with Gasteiger partial charge in [0.1, 0.15) is 5.75 Å². The number of nitrogen functional groups attached to an aromatic ring is 1. The van der Waals surface area contributed by atoms with Crippen LogP contribution in [-0.4, -0.2) is 27.1 Å². The molecule has 0 saturated carbocycles. The van der Waals surface area contributed by atoms with Gasteiger partial charge in [-0.05, 0) is 35.9 Å². The minimum absolute atomic E-state index is 0.0721. The van der Waals surface area contributed by atoms with Gasteiger partial charge in [-0.15, -0.1) is 0 Å². The number of ether oxygens (including phenoxy) is 1. The standard InChI is InChI=1S/C21H13F3N4O2/c22-21(23,24)19(29)30-15-8-6-13(7-9-15)17-16(12-4-2-1-3-5-12)10-14-11-26-20(25)28-18(14)27-17/h1-11H,(H2,25,26,27,28). The van der Waals surface area contributed by atoms with Crippen LogP contribution in [0.5, 0.6) is 5.75 Å². The number of halogens is 3. The van der Waals surface area contributed by atoms with Crippen LogP contribution in [0, 0.1) is 0 Å². The minimum atomic E-state index is -5.07. The number of rotatable bonds is 3. The number of hydrogen-bond donors (Lipinski definition) is 1. The van der Waals surface area contributed by atoms with Gasteiger partial charge in [0.25, 0.3) is 0 Å². The predicted molar refractivity (Wildman–Crippen MR) is 104 cm³/mol. The molecule has 0 amide bonds. The lowest BCUT2D eigenvalue weighted by Gasteiger charge is -2.12. The largest absolute Gasteiger partial charge is 0.491 e. The van der Waals surface area contributed by atoms with E-state index in [9.17, 15) is 18.0 Å². The summed E-state index contributed by atoms with van der Waals surface area (Å²) in [5, 5.41) is 0.683. The number of alkyl halides is 3. The molecule has 0 aliphatic heterocycles. The van der Waals surface area contributed by atoms with Crippen LogP contribution >= 0.6 is 0 Å². The van der Waals surface area contributed by atoms with Gasteiger partial charge < -0.3 is 10.5 Å². The van der Waals surface area contributed by atoms with E-state index < -0.39 is 12.1 Å². The number of nitrogens with zero attached hydrogens (tertiary/aromatic N) is 3. The zero-order valence-electron chi connectivity index (χ0n) is 15.2. The molecule has 0 fully saturated rings. The van der Waals surface area contributed by atoms with Crippen molar-refractivity contribution in [2.45, 2.75) is 6.18 Å². The quantitative estimate of drug-likeness (QED) is 0.397. The van der Waals surface area contributed by atoms with E-state index in [1.807, 2.05) is 36.4 Å². The number of hydrogen-bond acceptors (Lipinski definition) is 6. The van der Waals surface area contributed by atoms with Crippen molar-refractivity contribution >= 4 is 23.0 Å². The Morgan fingerprint density at radius 3 is 2.30 bits per heavy atom. The lowest BCUT2D eigenvalue weighted by atomic mass is 9.98. The van der Waals surface area contributed by atoms with Gasteiger partial charge >= 0.3 is 12.1 Å². The second kappa shape index (κ2) is 7.43. The number of aromatic nitrogens is 3. The Morgan fingerprint density at radius 1 is 0.933 bits per heavy atom. The van der Waals surface area contributed by atoms with Crippen LogP contribution in [0.4, 0.5) is 19.1 Å². The lowest BCUT2D eigenvalue weighted by Crippen LogP contribution is -2.27. The fourth-order valence-electron chi connectivity index (χ4n) is 2.88. The summed E-state index contributed by atoms with van der Waals surface area (Å²) < 4.78 is 41.5. The highest BCUT2D eigenvalue weighted by Crippen LogP contribution is 2.34. The SMILES string of the molecule is Nc1ncc2cc(-c3ccccc3)c(-c3ccc(OC(=O)C(F)(F)F)cc3)nc2n1. The van der Waals surface area contributed by atoms with E-state index in [1.165, 1.54) is 24.3 Å². The molecule has 0 atom stereocenters. The van der Waals surface area contributed by atoms with E-state index >= 15 is 0 Å². The molecular weight excluding hydrogens is 397 g/mol. The van der Waals surface area contributed by atoms with Crippen LogP contribution in [0.15, 0.2) is 66.9 Å². The van der Waals surface area contributed by atoms with E-state index in [4.69, 9.17) is 5.73 Å². The maximum Gasteiger partial charge on any atom is 0.491 e. The average molecular weight is 410 g/mol. The molecule has 0 aliphatic rings. The Hall–Kier alpha value is -4.01. The predicted octanol–water partition coefficient (Wildman–Crippen LogP) is 4.41. The number of carbonyl (C=O) groups is 1. The maximum atomic E-state index is 12.4. The Labute approximate surface area is 168 Å². The van der Waals surface area contributed by atoms with Crippen molar-refractivity contribution < 1.29 is 22.7 Å². The van der Waals surface area contributed by atoms with Gasteiger partial charge in [0.05, 0.1) is 5.69 Å². The van der Waals surface area contributed by atoms with E-state index in [0.29, 0.717) is 22.3 Å². The third-order valence-corrected chi connectivity index (χ3v) is 4.24. The van der Waals surface area contributed by atoms with Gasteiger partial charge in [-0.25, -0.2) is 14.8 Å². The molecule has 2 heterocycles. The first-order valence-electron chi connectivity index (χ1n) is 8.69. The molecule has 2 N–H and O–H groups in total. The molecule has 0 radical (unpaired) electrons. The monoisotopic (exact) mass is 410 g/mol. The van der Waals surface area contributed by atoms with Gasteiger partial charge in [0.2, 0.25) is 5.95 Å². The van der Waals surface area contributed by atoms with Gasteiger partial charge in [-0.3, -0.25) is 0 Å². The number of fused-ring (bicyclic) bond motifs is 1. The van der Waals surface area contributed by atoms with Crippen molar-refractivity contribution in [1.29, 1.82) is 0 Å². The van der Waals surface area contributed by atoms with Crippen LogP contribution in [-0.2, 0) is 4.79 Å². The van der Waals surface area contributed by atoms with Crippen LogP contribution in [0.25, 0.3) is 33.4 Å². The normalized spacial score (nSPS) is 11.4. The van der Waals surface area contributed by atoms with Crippen molar-refractivity contribution in [2.24, 2.45) is 0 Å². The number of nitrogens with two attached hydrogens (primary N) is 1. The minimum Gasteiger partial charge on any atom is -0.420 e. The topological polar surface area (TPSA) is 91.0 Å². The van der Waals surface area contributed by atoms with Gasteiger partial charge in [-0.2, -0.15) is 18.2 Å². The van der Waals surface area contributed by atoms with Crippen LogP contribution in [0.3, 0.4) is 0 Å². The zero-order valence-corrected chi connectivity index (χ0v) is 15.2. The van der Waals surface area contributed by atoms with Crippen molar-refractivity contribution in [2.75, 3.05) is 5.73 Å². The smallest absolute Gasteiger partial charge is 0.420 e. The summed E-state index contributed by atoms with van der Waals surface area (Å²) in [5.41, 5.74) is 8.83. The Bertz CT molecular complexity index is 1230. The highest BCUT2D eigenvalue weighted by molar-refractivity contribution is 5.90. The molecule has 0 bridgehead atoms. The number of pyridine rings is 1. The van der Waals surface area contributed by atoms with Crippen molar-refractivity contribution in [1.82, 2.24) is 15.0 Å². The maximum absolute atomic E-state index is 12.4. The first-order valence-corrected chi connectivity index (χ1v) is 8.69.